The van der Waals surface area contributed by atoms with E-state index in [1.54, 1.807) is 14.2 Å². The maximum atomic E-state index is 5.87. The van der Waals surface area contributed by atoms with Crippen molar-refractivity contribution < 1.29 is 9.47 Å². The van der Waals surface area contributed by atoms with E-state index in [0.29, 0.717) is 12.3 Å². The lowest BCUT2D eigenvalue weighted by Gasteiger charge is -2.15. The van der Waals surface area contributed by atoms with Gasteiger partial charge in [0.2, 0.25) is 0 Å². The topological polar surface area (TPSA) is 49.4 Å². The summed E-state index contributed by atoms with van der Waals surface area (Å²) in [5, 5.41) is 1.20. The lowest BCUT2D eigenvalue weighted by molar-refractivity contribution is 0.355. The van der Waals surface area contributed by atoms with E-state index < -0.39 is 0 Å². The Labute approximate surface area is 136 Å². The van der Waals surface area contributed by atoms with Gasteiger partial charge in [-0.25, -0.2) is 0 Å². The Bertz CT molecular complexity index is 865. The first kappa shape index (κ1) is 15.4. The molecule has 4 nitrogen and oxygen atoms in total. The number of hydrogen-bond donors (Lipinski definition) is 1. The van der Waals surface area contributed by atoms with Gasteiger partial charge in [-0.15, -0.1) is 0 Å². The Morgan fingerprint density at radius 3 is 2.48 bits per heavy atom. The highest BCUT2D eigenvalue weighted by molar-refractivity contribution is 6.00. The highest BCUT2D eigenvalue weighted by Crippen LogP contribution is 2.44. The second kappa shape index (κ2) is 5.97. The summed E-state index contributed by atoms with van der Waals surface area (Å²) >= 11 is 0. The van der Waals surface area contributed by atoms with Crippen molar-refractivity contribution in [2.24, 2.45) is 12.8 Å². The van der Waals surface area contributed by atoms with Crippen molar-refractivity contribution in [3.63, 3.8) is 0 Å². The Morgan fingerprint density at radius 2 is 1.83 bits per heavy atom. The molecule has 4 heteroatoms. The predicted octanol–water partition coefficient (Wildman–Crippen LogP) is 3.63. The zero-order valence-corrected chi connectivity index (χ0v) is 14.0. The molecule has 0 aliphatic carbocycles. The molecular weight excluding hydrogens is 288 g/mol. The van der Waals surface area contributed by atoms with Gasteiger partial charge in [0.15, 0.2) is 11.5 Å². The van der Waals surface area contributed by atoms with Crippen molar-refractivity contribution in [1.29, 1.82) is 0 Å². The molecular formula is C19H22N2O2. The van der Waals surface area contributed by atoms with E-state index in [1.807, 2.05) is 6.07 Å². The number of para-hydroxylation sites is 1. The normalized spacial score (nSPS) is 11.0. The molecule has 0 bridgehead atoms. The number of nitrogens with zero attached hydrogens (tertiary/aromatic N) is 1. The standard InChI is InChI=1S/C19H22N2O2/c1-12-18(14-7-5-6-8-16(14)21(12)2)15-9-13(11-20)10-17(22-3)19(15)23-4/h5-10H,11,20H2,1-4H3. The van der Waals surface area contributed by atoms with E-state index in [1.165, 1.54) is 16.6 Å². The summed E-state index contributed by atoms with van der Waals surface area (Å²) in [6.45, 7) is 2.58. The fourth-order valence-electron chi connectivity index (χ4n) is 3.19. The molecule has 3 aromatic rings. The quantitative estimate of drug-likeness (QED) is 0.800. The average molecular weight is 310 g/mol. The second-order valence-electron chi connectivity index (χ2n) is 5.62. The van der Waals surface area contributed by atoms with Crippen molar-refractivity contribution in [2.45, 2.75) is 13.5 Å². The highest BCUT2D eigenvalue weighted by atomic mass is 16.5. The number of aromatic nitrogens is 1. The number of fused-ring (bicyclic) bond motifs is 1. The third-order valence-corrected chi connectivity index (χ3v) is 4.44. The Morgan fingerprint density at radius 1 is 1.09 bits per heavy atom. The largest absolute Gasteiger partial charge is 0.493 e. The molecule has 2 N–H and O–H groups in total. The van der Waals surface area contributed by atoms with Crippen molar-refractivity contribution in [1.82, 2.24) is 4.57 Å². The van der Waals surface area contributed by atoms with Crippen molar-refractivity contribution in [2.75, 3.05) is 14.2 Å². The Kier molecular flexibility index (Phi) is 4.01. The first-order chi connectivity index (χ1) is 11.1. The van der Waals surface area contributed by atoms with Gasteiger partial charge in [0.1, 0.15) is 0 Å². The van der Waals surface area contributed by atoms with Crippen LogP contribution in [0.3, 0.4) is 0 Å². The van der Waals surface area contributed by atoms with Crippen LogP contribution >= 0.6 is 0 Å². The maximum Gasteiger partial charge on any atom is 0.168 e. The van der Waals surface area contributed by atoms with Crippen LogP contribution in [-0.2, 0) is 13.6 Å². The molecule has 0 unspecified atom stereocenters. The van der Waals surface area contributed by atoms with Gasteiger partial charge in [0, 0.05) is 41.3 Å². The Hall–Kier alpha value is -2.46. The molecule has 120 valence electrons. The predicted molar refractivity (Wildman–Crippen MR) is 94.1 cm³/mol. The maximum absolute atomic E-state index is 5.87. The first-order valence-corrected chi connectivity index (χ1v) is 7.61. The summed E-state index contributed by atoms with van der Waals surface area (Å²) in [7, 11) is 5.40. The van der Waals surface area contributed by atoms with Crippen molar-refractivity contribution in [3.8, 4) is 22.6 Å². The molecule has 1 aromatic heterocycles. The molecule has 0 saturated heterocycles. The van der Waals surface area contributed by atoms with Gasteiger partial charge in [0.05, 0.1) is 14.2 Å². The van der Waals surface area contributed by atoms with Crippen LogP contribution in [0.15, 0.2) is 36.4 Å². The van der Waals surface area contributed by atoms with Crippen LogP contribution in [0.5, 0.6) is 11.5 Å². The van der Waals surface area contributed by atoms with E-state index in [2.05, 4.69) is 48.9 Å². The number of hydrogen-bond acceptors (Lipinski definition) is 3. The minimum Gasteiger partial charge on any atom is -0.493 e. The number of rotatable bonds is 4. The number of methoxy groups -OCH3 is 2. The summed E-state index contributed by atoms with van der Waals surface area (Å²) in [4.78, 5) is 0. The van der Waals surface area contributed by atoms with Gasteiger partial charge in [-0.3, -0.25) is 0 Å². The molecule has 0 aliphatic rings. The fourth-order valence-corrected chi connectivity index (χ4v) is 3.19. The van der Waals surface area contributed by atoms with Gasteiger partial charge in [-0.05, 0) is 30.7 Å². The van der Waals surface area contributed by atoms with Gasteiger partial charge in [0.25, 0.3) is 0 Å². The van der Waals surface area contributed by atoms with Gasteiger partial charge >= 0.3 is 0 Å². The molecule has 0 saturated carbocycles. The summed E-state index contributed by atoms with van der Waals surface area (Å²) < 4.78 is 13.4. The molecule has 0 radical (unpaired) electrons. The zero-order chi connectivity index (χ0) is 16.6. The number of nitrogens with two attached hydrogens (primary N) is 1. The molecule has 2 aromatic carbocycles. The van der Waals surface area contributed by atoms with Crippen LogP contribution in [0.2, 0.25) is 0 Å². The van der Waals surface area contributed by atoms with Crippen molar-refractivity contribution in [3.05, 3.63) is 47.7 Å². The molecule has 0 spiro atoms. The fraction of sp³-hybridized carbons (Fsp3) is 0.263. The van der Waals surface area contributed by atoms with E-state index in [4.69, 9.17) is 15.2 Å². The summed E-state index contributed by atoms with van der Waals surface area (Å²) in [5.74, 6) is 1.45. The molecule has 3 rings (SSSR count). The summed E-state index contributed by atoms with van der Waals surface area (Å²) in [5.41, 5.74) is 11.4. The summed E-state index contributed by atoms with van der Waals surface area (Å²) in [6.07, 6.45) is 0. The van der Waals surface area contributed by atoms with Crippen LogP contribution in [0.4, 0.5) is 0 Å². The number of benzene rings is 2. The molecule has 23 heavy (non-hydrogen) atoms. The number of aryl methyl sites for hydroxylation is 1. The lowest BCUT2D eigenvalue weighted by Crippen LogP contribution is -2.01. The van der Waals surface area contributed by atoms with Crippen LogP contribution in [0, 0.1) is 6.92 Å². The van der Waals surface area contributed by atoms with Crippen LogP contribution < -0.4 is 15.2 Å². The van der Waals surface area contributed by atoms with Crippen molar-refractivity contribution >= 4 is 10.9 Å². The van der Waals surface area contributed by atoms with Gasteiger partial charge in [-0.2, -0.15) is 0 Å². The van der Waals surface area contributed by atoms with E-state index in [0.717, 1.165) is 22.4 Å². The third kappa shape index (κ3) is 2.35. The Balaban J connectivity index is 2.41. The molecule has 0 amide bonds. The van der Waals surface area contributed by atoms with Crippen LogP contribution in [-0.4, -0.2) is 18.8 Å². The van der Waals surface area contributed by atoms with Gasteiger partial charge in [-0.1, -0.05) is 18.2 Å². The summed E-state index contributed by atoms with van der Waals surface area (Å²) in [6, 6.07) is 12.4. The molecule has 0 atom stereocenters. The number of ether oxygens (including phenoxy) is 2. The first-order valence-electron chi connectivity index (χ1n) is 7.61. The zero-order valence-electron chi connectivity index (χ0n) is 14.0. The molecule has 1 heterocycles. The highest BCUT2D eigenvalue weighted by Gasteiger charge is 2.20. The van der Waals surface area contributed by atoms with E-state index >= 15 is 0 Å². The van der Waals surface area contributed by atoms with E-state index in [-0.39, 0.29) is 0 Å². The SMILES string of the molecule is COc1cc(CN)cc(-c2c(C)n(C)c3ccccc23)c1OC. The minimum atomic E-state index is 0.456. The smallest absolute Gasteiger partial charge is 0.168 e. The molecule has 0 aliphatic heterocycles. The van der Waals surface area contributed by atoms with Crippen LogP contribution in [0.1, 0.15) is 11.3 Å². The van der Waals surface area contributed by atoms with Gasteiger partial charge < -0.3 is 19.8 Å². The molecule has 0 fully saturated rings. The second-order valence-corrected chi connectivity index (χ2v) is 5.62. The monoisotopic (exact) mass is 310 g/mol. The third-order valence-electron chi connectivity index (χ3n) is 4.44. The van der Waals surface area contributed by atoms with Crippen LogP contribution in [0.25, 0.3) is 22.0 Å². The van der Waals surface area contributed by atoms with E-state index in [9.17, 15) is 0 Å². The lowest BCUT2D eigenvalue weighted by atomic mass is 9.98. The average Bonchev–Trinajstić information content (AvgIpc) is 2.85. The minimum absolute atomic E-state index is 0.456.